The molecule has 2 aromatic carbocycles. The number of hydrogen-bond acceptors (Lipinski definition) is 5. The van der Waals surface area contributed by atoms with Crippen molar-refractivity contribution in [1.82, 2.24) is 4.90 Å². The maximum Gasteiger partial charge on any atom is 0.262 e. The van der Waals surface area contributed by atoms with Gasteiger partial charge in [0.15, 0.2) is 11.5 Å². The van der Waals surface area contributed by atoms with E-state index < -0.39 is 10.0 Å². The maximum atomic E-state index is 12.8. The Kier molecular flexibility index (Phi) is 6.64. The summed E-state index contributed by atoms with van der Waals surface area (Å²) in [5, 5.41) is 0. The Labute approximate surface area is 171 Å². The van der Waals surface area contributed by atoms with Crippen LogP contribution in [0, 0.1) is 0 Å². The predicted molar refractivity (Wildman–Crippen MR) is 111 cm³/mol. The zero-order valence-corrected chi connectivity index (χ0v) is 17.5. The van der Waals surface area contributed by atoms with Gasteiger partial charge in [0.25, 0.3) is 15.9 Å². The van der Waals surface area contributed by atoms with Crippen molar-refractivity contribution in [3.8, 4) is 11.5 Å². The third-order valence-electron chi connectivity index (χ3n) is 4.64. The Morgan fingerprint density at radius 3 is 2.55 bits per heavy atom. The minimum Gasteiger partial charge on any atom is -0.486 e. The molecule has 0 saturated heterocycles. The second kappa shape index (κ2) is 9.17. The van der Waals surface area contributed by atoms with E-state index in [9.17, 15) is 13.2 Å². The molecule has 1 N–H and O–H groups in total. The molecule has 0 aliphatic carbocycles. The van der Waals surface area contributed by atoms with Crippen LogP contribution in [0.2, 0.25) is 0 Å². The Bertz CT molecular complexity index is 975. The largest absolute Gasteiger partial charge is 0.486 e. The van der Waals surface area contributed by atoms with Gasteiger partial charge in [-0.25, -0.2) is 8.42 Å². The highest BCUT2D eigenvalue weighted by molar-refractivity contribution is 7.92. The standard InChI is InChI=1S/C21H26N2O5S/c1-3-5-11-23(4-2)21(24)16-7-6-8-17(14-16)22-29(25,26)18-9-10-19-20(15-18)28-13-12-27-19/h6-10,14-15,22H,3-5,11-13H2,1-2H3. The van der Waals surface area contributed by atoms with Crippen LogP contribution < -0.4 is 14.2 Å². The van der Waals surface area contributed by atoms with Crippen LogP contribution in [-0.2, 0) is 10.0 Å². The van der Waals surface area contributed by atoms with Crippen LogP contribution in [0.4, 0.5) is 5.69 Å². The van der Waals surface area contributed by atoms with Gasteiger partial charge in [0.1, 0.15) is 13.2 Å². The summed E-state index contributed by atoms with van der Waals surface area (Å²) < 4.78 is 39.0. The number of rotatable bonds is 8. The number of unbranched alkanes of at least 4 members (excludes halogenated alkanes) is 1. The molecule has 0 atom stereocenters. The summed E-state index contributed by atoms with van der Waals surface area (Å²) in [5.74, 6) is 0.813. The van der Waals surface area contributed by atoms with Gasteiger partial charge in [0, 0.05) is 30.4 Å². The number of benzene rings is 2. The van der Waals surface area contributed by atoms with Gasteiger partial charge in [-0.2, -0.15) is 0 Å². The number of carbonyl (C=O) groups is 1. The molecule has 3 rings (SSSR count). The molecule has 1 aliphatic rings. The first-order chi connectivity index (χ1) is 13.9. The number of nitrogens with zero attached hydrogens (tertiary/aromatic N) is 1. The fourth-order valence-corrected chi connectivity index (χ4v) is 4.12. The Hall–Kier alpha value is -2.74. The van der Waals surface area contributed by atoms with E-state index in [4.69, 9.17) is 9.47 Å². The van der Waals surface area contributed by atoms with Crippen LogP contribution in [0.5, 0.6) is 11.5 Å². The summed E-state index contributed by atoms with van der Waals surface area (Å²) in [5.41, 5.74) is 0.780. The first kappa shape index (κ1) is 21.0. The average Bonchev–Trinajstić information content (AvgIpc) is 2.73. The number of ether oxygens (including phenoxy) is 2. The number of nitrogens with one attached hydrogen (secondary N) is 1. The van der Waals surface area contributed by atoms with Gasteiger partial charge in [-0.1, -0.05) is 19.4 Å². The Morgan fingerprint density at radius 2 is 1.83 bits per heavy atom. The number of carbonyl (C=O) groups excluding carboxylic acids is 1. The molecule has 7 nitrogen and oxygen atoms in total. The maximum absolute atomic E-state index is 12.8. The highest BCUT2D eigenvalue weighted by Gasteiger charge is 2.20. The first-order valence-corrected chi connectivity index (χ1v) is 11.2. The van der Waals surface area contributed by atoms with Crippen molar-refractivity contribution in [2.45, 2.75) is 31.6 Å². The van der Waals surface area contributed by atoms with Gasteiger partial charge in [0.2, 0.25) is 0 Å². The van der Waals surface area contributed by atoms with Crippen molar-refractivity contribution < 1.29 is 22.7 Å². The van der Waals surface area contributed by atoms with Crippen LogP contribution in [0.25, 0.3) is 0 Å². The van der Waals surface area contributed by atoms with Crippen LogP contribution in [0.15, 0.2) is 47.4 Å². The molecule has 0 radical (unpaired) electrons. The number of amides is 1. The lowest BCUT2D eigenvalue weighted by Gasteiger charge is -2.21. The molecule has 156 valence electrons. The lowest BCUT2D eigenvalue weighted by molar-refractivity contribution is 0.0762. The fraction of sp³-hybridized carbons (Fsp3) is 0.381. The molecule has 2 aromatic rings. The van der Waals surface area contributed by atoms with E-state index in [2.05, 4.69) is 11.6 Å². The molecule has 0 saturated carbocycles. The van der Waals surface area contributed by atoms with Crippen LogP contribution >= 0.6 is 0 Å². The van der Waals surface area contributed by atoms with Crippen molar-refractivity contribution in [1.29, 1.82) is 0 Å². The summed E-state index contributed by atoms with van der Waals surface area (Å²) in [6, 6.07) is 11.0. The van der Waals surface area contributed by atoms with E-state index in [1.54, 1.807) is 35.2 Å². The molecule has 1 amide bonds. The number of anilines is 1. The first-order valence-electron chi connectivity index (χ1n) is 9.76. The summed E-state index contributed by atoms with van der Waals surface area (Å²) in [6.07, 6.45) is 1.93. The summed E-state index contributed by atoms with van der Waals surface area (Å²) in [7, 11) is -3.84. The van der Waals surface area contributed by atoms with Crippen molar-refractivity contribution in [2.24, 2.45) is 0 Å². The monoisotopic (exact) mass is 418 g/mol. The van der Waals surface area contributed by atoms with Gasteiger partial charge in [-0.05, 0) is 43.7 Å². The van der Waals surface area contributed by atoms with E-state index in [1.165, 1.54) is 12.1 Å². The summed E-state index contributed by atoms with van der Waals surface area (Å²) in [4.78, 5) is 14.6. The van der Waals surface area contributed by atoms with E-state index in [0.29, 0.717) is 49.1 Å². The van der Waals surface area contributed by atoms with Gasteiger partial charge in [-0.3, -0.25) is 9.52 Å². The Morgan fingerprint density at radius 1 is 1.07 bits per heavy atom. The molecule has 0 fully saturated rings. The SMILES string of the molecule is CCCCN(CC)C(=O)c1cccc(NS(=O)(=O)c2ccc3c(c2)OCCO3)c1. The van der Waals surface area contributed by atoms with E-state index in [1.807, 2.05) is 6.92 Å². The van der Waals surface area contributed by atoms with E-state index in [0.717, 1.165) is 12.8 Å². The van der Waals surface area contributed by atoms with Gasteiger partial charge < -0.3 is 14.4 Å². The van der Waals surface area contributed by atoms with Crippen molar-refractivity contribution in [3.63, 3.8) is 0 Å². The highest BCUT2D eigenvalue weighted by atomic mass is 32.2. The van der Waals surface area contributed by atoms with Crippen molar-refractivity contribution >= 4 is 21.6 Å². The third kappa shape index (κ3) is 5.00. The molecule has 0 bridgehead atoms. The lowest BCUT2D eigenvalue weighted by atomic mass is 10.1. The molecule has 1 aliphatic heterocycles. The predicted octanol–water partition coefficient (Wildman–Crippen LogP) is 3.52. The summed E-state index contributed by atoms with van der Waals surface area (Å²) >= 11 is 0. The molecule has 0 unspecified atom stereocenters. The average molecular weight is 419 g/mol. The van der Waals surface area contributed by atoms with Crippen LogP contribution in [0.1, 0.15) is 37.0 Å². The minimum absolute atomic E-state index is 0.0663. The van der Waals surface area contributed by atoms with Crippen LogP contribution in [-0.4, -0.2) is 45.5 Å². The second-order valence-electron chi connectivity index (χ2n) is 6.73. The van der Waals surface area contributed by atoms with Crippen molar-refractivity contribution in [2.75, 3.05) is 31.0 Å². The third-order valence-corrected chi connectivity index (χ3v) is 6.02. The van der Waals surface area contributed by atoms with E-state index >= 15 is 0 Å². The molecule has 0 spiro atoms. The van der Waals surface area contributed by atoms with Gasteiger partial charge in [-0.15, -0.1) is 0 Å². The zero-order chi connectivity index (χ0) is 20.9. The number of fused-ring (bicyclic) bond motifs is 1. The highest BCUT2D eigenvalue weighted by Crippen LogP contribution is 2.32. The quantitative estimate of drug-likeness (QED) is 0.709. The van der Waals surface area contributed by atoms with Crippen molar-refractivity contribution in [3.05, 3.63) is 48.0 Å². The van der Waals surface area contributed by atoms with E-state index in [-0.39, 0.29) is 10.8 Å². The van der Waals surface area contributed by atoms with Crippen LogP contribution in [0.3, 0.4) is 0 Å². The zero-order valence-electron chi connectivity index (χ0n) is 16.7. The lowest BCUT2D eigenvalue weighted by Crippen LogP contribution is -2.31. The summed E-state index contributed by atoms with van der Waals surface area (Å²) in [6.45, 7) is 6.10. The topological polar surface area (TPSA) is 84.9 Å². The number of sulfonamides is 1. The minimum atomic E-state index is -3.84. The van der Waals surface area contributed by atoms with Gasteiger partial charge >= 0.3 is 0 Å². The fourth-order valence-electron chi connectivity index (χ4n) is 3.06. The normalized spacial score (nSPS) is 13.0. The smallest absolute Gasteiger partial charge is 0.262 e. The molecule has 8 heteroatoms. The number of hydrogen-bond donors (Lipinski definition) is 1. The molecule has 0 aromatic heterocycles. The second-order valence-corrected chi connectivity index (χ2v) is 8.41. The molecular weight excluding hydrogens is 392 g/mol. The molecule has 1 heterocycles. The molecular formula is C21H26N2O5S. The molecule has 29 heavy (non-hydrogen) atoms. The Balaban J connectivity index is 1.79. The van der Waals surface area contributed by atoms with Gasteiger partial charge in [0.05, 0.1) is 4.90 Å².